The number of carbonyl (C=O) groups is 1. The van der Waals surface area contributed by atoms with E-state index in [1.807, 2.05) is 66.7 Å². The zero-order chi connectivity index (χ0) is 17.9. The van der Waals surface area contributed by atoms with Crippen molar-refractivity contribution >= 4 is 32.6 Å². The number of nitrogens with one attached hydrogen (secondary N) is 1. The van der Waals surface area contributed by atoms with E-state index in [0.717, 1.165) is 27.2 Å². The van der Waals surface area contributed by atoms with Crippen molar-refractivity contribution in [3.05, 3.63) is 66.7 Å². The first-order valence-electron chi connectivity index (χ1n) is 8.06. The molecule has 4 rings (SSSR count). The lowest BCUT2D eigenvalue weighted by Gasteiger charge is -2.06. The largest absolute Gasteiger partial charge is 0.439 e. The minimum Gasteiger partial charge on any atom is -0.439 e. The zero-order valence-corrected chi connectivity index (χ0v) is 14.8. The minimum atomic E-state index is -0.128. The van der Waals surface area contributed by atoms with Crippen LogP contribution >= 0.6 is 11.3 Å². The molecule has 0 aliphatic heterocycles. The van der Waals surface area contributed by atoms with E-state index in [9.17, 15) is 4.79 Å². The highest BCUT2D eigenvalue weighted by atomic mass is 32.1. The molecule has 0 spiro atoms. The molecule has 1 amide bonds. The maximum absolute atomic E-state index is 11.2. The molecule has 5 nitrogen and oxygen atoms in total. The van der Waals surface area contributed by atoms with E-state index >= 15 is 0 Å². The summed E-state index contributed by atoms with van der Waals surface area (Å²) in [5, 5.41) is 3.32. The number of hydrogen-bond donors (Lipinski definition) is 1. The van der Waals surface area contributed by atoms with Crippen LogP contribution in [0.2, 0.25) is 0 Å². The zero-order valence-electron chi connectivity index (χ0n) is 14.0. The summed E-state index contributed by atoms with van der Waals surface area (Å²) in [6, 6.07) is 21.2. The molecule has 26 heavy (non-hydrogen) atoms. The Morgan fingerprint density at radius 2 is 1.85 bits per heavy atom. The highest BCUT2D eigenvalue weighted by molar-refractivity contribution is 7.22. The van der Waals surface area contributed by atoms with Crippen molar-refractivity contribution in [2.45, 2.75) is 6.92 Å². The van der Waals surface area contributed by atoms with Crippen molar-refractivity contribution in [3.8, 4) is 22.9 Å². The smallest absolute Gasteiger partial charge is 0.223 e. The Morgan fingerprint density at radius 3 is 2.65 bits per heavy atom. The third kappa shape index (κ3) is 3.55. The monoisotopic (exact) mass is 361 g/mol. The fourth-order valence-electron chi connectivity index (χ4n) is 2.53. The van der Waals surface area contributed by atoms with Crippen LogP contribution in [0.25, 0.3) is 21.5 Å². The van der Waals surface area contributed by atoms with Gasteiger partial charge in [0.2, 0.25) is 11.8 Å². The lowest BCUT2D eigenvalue weighted by Crippen LogP contribution is -2.04. The number of pyridine rings is 1. The number of aromatic nitrogens is 2. The molecule has 1 N–H and O–H groups in total. The number of ether oxygens (including phenoxy) is 1. The number of nitrogens with zero attached hydrogens (tertiary/aromatic N) is 2. The highest BCUT2D eigenvalue weighted by Crippen LogP contribution is 2.31. The molecule has 2 aromatic heterocycles. The van der Waals surface area contributed by atoms with Crippen molar-refractivity contribution < 1.29 is 9.53 Å². The highest BCUT2D eigenvalue weighted by Gasteiger charge is 2.08. The summed E-state index contributed by atoms with van der Waals surface area (Å²) in [4.78, 5) is 20.2. The molecule has 2 heterocycles. The average molecular weight is 361 g/mol. The molecule has 0 saturated heterocycles. The summed E-state index contributed by atoms with van der Waals surface area (Å²) in [5.74, 6) is 1.16. The summed E-state index contributed by atoms with van der Waals surface area (Å²) in [5.41, 5.74) is 2.63. The Labute approximate surface area is 154 Å². The molecule has 6 heteroatoms. The number of hydrogen-bond acceptors (Lipinski definition) is 5. The van der Waals surface area contributed by atoms with E-state index in [4.69, 9.17) is 4.74 Å². The molecule has 4 aromatic rings. The number of amides is 1. The van der Waals surface area contributed by atoms with Crippen LogP contribution in [0.5, 0.6) is 11.6 Å². The van der Waals surface area contributed by atoms with Gasteiger partial charge in [0, 0.05) is 18.6 Å². The summed E-state index contributed by atoms with van der Waals surface area (Å²) >= 11 is 1.44. The predicted octanol–water partition coefficient (Wildman–Crippen LogP) is 5.11. The second-order valence-electron chi connectivity index (χ2n) is 5.66. The van der Waals surface area contributed by atoms with Crippen molar-refractivity contribution in [1.82, 2.24) is 9.97 Å². The van der Waals surface area contributed by atoms with Gasteiger partial charge in [-0.25, -0.2) is 9.97 Å². The van der Waals surface area contributed by atoms with Crippen LogP contribution in [0.1, 0.15) is 6.92 Å². The predicted molar refractivity (Wildman–Crippen MR) is 104 cm³/mol. The summed E-state index contributed by atoms with van der Waals surface area (Å²) in [7, 11) is 0. The molecule has 2 aromatic carbocycles. The standard InChI is InChI=1S/C20H15N3O2S/c1-13(24)21-20-23-17-11-10-14(12-18(17)26-20)16-8-5-9-19(22-16)25-15-6-3-2-4-7-15/h2-12H,1H3,(H,21,23,24). The van der Waals surface area contributed by atoms with Gasteiger partial charge in [0.05, 0.1) is 15.9 Å². The van der Waals surface area contributed by atoms with E-state index in [1.165, 1.54) is 18.3 Å². The number of rotatable bonds is 4. The first-order chi connectivity index (χ1) is 12.7. The normalized spacial score (nSPS) is 10.7. The van der Waals surface area contributed by atoms with Gasteiger partial charge in [-0.2, -0.15) is 0 Å². The summed E-state index contributed by atoms with van der Waals surface area (Å²) < 4.78 is 6.80. The Hall–Kier alpha value is -3.25. The Balaban J connectivity index is 1.64. The van der Waals surface area contributed by atoms with Gasteiger partial charge in [-0.15, -0.1) is 0 Å². The lowest BCUT2D eigenvalue weighted by molar-refractivity contribution is -0.114. The fraction of sp³-hybridized carbons (Fsp3) is 0.0500. The third-order valence-corrected chi connectivity index (χ3v) is 4.59. The van der Waals surface area contributed by atoms with Crippen molar-refractivity contribution in [3.63, 3.8) is 0 Å². The van der Waals surface area contributed by atoms with Crippen LogP contribution in [0.3, 0.4) is 0 Å². The van der Waals surface area contributed by atoms with Gasteiger partial charge < -0.3 is 10.1 Å². The van der Waals surface area contributed by atoms with Crippen molar-refractivity contribution in [2.24, 2.45) is 0 Å². The second kappa shape index (κ2) is 6.93. The Bertz CT molecular complexity index is 1080. The van der Waals surface area contributed by atoms with E-state index < -0.39 is 0 Å². The number of anilines is 1. The van der Waals surface area contributed by atoms with E-state index in [0.29, 0.717) is 11.0 Å². The molecule has 0 bridgehead atoms. The number of para-hydroxylation sites is 1. The van der Waals surface area contributed by atoms with Gasteiger partial charge in [0.1, 0.15) is 5.75 Å². The maximum atomic E-state index is 11.2. The van der Waals surface area contributed by atoms with Gasteiger partial charge in [-0.05, 0) is 30.3 Å². The van der Waals surface area contributed by atoms with Crippen LogP contribution in [0, 0.1) is 0 Å². The van der Waals surface area contributed by atoms with E-state index in [1.54, 1.807) is 0 Å². The number of benzene rings is 2. The van der Waals surface area contributed by atoms with Gasteiger partial charge in [-0.3, -0.25) is 4.79 Å². The van der Waals surface area contributed by atoms with Gasteiger partial charge in [-0.1, -0.05) is 41.7 Å². The molecule has 0 aliphatic carbocycles. The Kier molecular flexibility index (Phi) is 4.33. The average Bonchev–Trinajstić information content (AvgIpc) is 3.03. The molecule has 0 aliphatic rings. The van der Waals surface area contributed by atoms with Crippen LogP contribution in [-0.2, 0) is 4.79 Å². The van der Waals surface area contributed by atoms with Crippen molar-refractivity contribution in [2.75, 3.05) is 5.32 Å². The molecular weight excluding hydrogens is 346 g/mol. The van der Waals surface area contributed by atoms with Crippen LogP contribution in [0.15, 0.2) is 66.7 Å². The maximum Gasteiger partial charge on any atom is 0.223 e. The third-order valence-electron chi connectivity index (χ3n) is 3.66. The first-order valence-corrected chi connectivity index (χ1v) is 8.87. The molecule has 0 radical (unpaired) electrons. The number of carbonyl (C=O) groups excluding carboxylic acids is 1. The minimum absolute atomic E-state index is 0.128. The molecule has 0 unspecified atom stereocenters. The first kappa shape index (κ1) is 16.2. The van der Waals surface area contributed by atoms with Gasteiger partial charge >= 0.3 is 0 Å². The summed E-state index contributed by atoms with van der Waals surface area (Å²) in [6.45, 7) is 1.47. The van der Waals surface area contributed by atoms with E-state index in [2.05, 4.69) is 15.3 Å². The topological polar surface area (TPSA) is 64.1 Å². The quantitative estimate of drug-likeness (QED) is 0.549. The summed E-state index contributed by atoms with van der Waals surface area (Å²) in [6.07, 6.45) is 0. The number of fused-ring (bicyclic) bond motifs is 1. The van der Waals surface area contributed by atoms with Gasteiger partial charge in [0.15, 0.2) is 5.13 Å². The molecular formula is C20H15N3O2S. The SMILES string of the molecule is CC(=O)Nc1nc2ccc(-c3cccc(Oc4ccccc4)n3)cc2s1. The Morgan fingerprint density at radius 1 is 1.00 bits per heavy atom. The molecule has 128 valence electrons. The van der Waals surface area contributed by atoms with Crippen LogP contribution in [-0.4, -0.2) is 15.9 Å². The molecule has 0 atom stereocenters. The van der Waals surface area contributed by atoms with Crippen LogP contribution < -0.4 is 10.1 Å². The fourth-order valence-corrected chi connectivity index (χ4v) is 3.48. The van der Waals surface area contributed by atoms with Crippen molar-refractivity contribution in [1.29, 1.82) is 0 Å². The molecule has 0 fully saturated rings. The van der Waals surface area contributed by atoms with E-state index in [-0.39, 0.29) is 5.91 Å². The second-order valence-corrected chi connectivity index (χ2v) is 6.69. The van der Waals surface area contributed by atoms with Crippen LogP contribution in [0.4, 0.5) is 5.13 Å². The number of thiazole rings is 1. The lowest BCUT2D eigenvalue weighted by atomic mass is 10.1. The van der Waals surface area contributed by atoms with Gasteiger partial charge in [0.25, 0.3) is 0 Å². The molecule has 0 saturated carbocycles.